The van der Waals surface area contributed by atoms with Crippen LogP contribution in [0.4, 0.5) is 0 Å². The van der Waals surface area contributed by atoms with Gasteiger partial charge in [0, 0.05) is 12.5 Å². The van der Waals surface area contributed by atoms with E-state index >= 15 is 0 Å². The molecule has 0 aliphatic carbocycles. The predicted octanol–water partition coefficient (Wildman–Crippen LogP) is 3.04. The van der Waals surface area contributed by atoms with Gasteiger partial charge in [0.05, 0.1) is 12.1 Å². The number of aromatic nitrogens is 3. The fraction of sp³-hybridized carbons (Fsp3) is 0.571. The van der Waals surface area contributed by atoms with E-state index < -0.39 is 0 Å². The predicted molar refractivity (Wildman–Crippen MR) is 78.8 cm³/mol. The summed E-state index contributed by atoms with van der Waals surface area (Å²) in [5, 5.41) is 0. The molecular weight excluding hydrogens is 258 g/mol. The molecule has 1 aliphatic heterocycles. The van der Waals surface area contributed by atoms with Crippen LogP contribution in [0.1, 0.15) is 25.6 Å². The average Bonchev–Trinajstić information content (AvgIpc) is 2.82. The van der Waals surface area contributed by atoms with E-state index in [0.29, 0.717) is 12.5 Å². The lowest BCUT2D eigenvalue weighted by Crippen LogP contribution is -2.12. The first-order valence-electron chi connectivity index (χ1n) is 6.91. The lowest BCUT2D eigenvalue weighted by Gasteiger charge is -2.19. The molecule has 0 spiro atoms. The number of imidazole rings is 1. The zero-order valence-electron chi connectivity index (χ0n) is 11.2. The molecule has 3 rings (SSSR count). The normalized spacial score (nSPS) is 16.9. The summed E-state index contributed by atoms with van der Waals surface area (Å²) in [5.74, 6) is 5.07. The Balaban J connectivity index is 1.76. The zero-order chi connectivity index (χ0) is 13.1. The molecule has 1 fully saturated rings. The number of nitrogens with one attached hydrogen (secondary N) is 1. The van der Waals surface area contributed by atoms with Crippen LogP contribution in [0.3, 0.4) is 0 Å². The summed E-state index contributed by atoms with van der Waals surface area (Å²) in [6.45, 7) is 2.60. The Bertz CT molecular complexity index is 549. The van der Waals surface area contributed by atoms with Gasteiger partial charge in [-0.15, -0.1) is 0 Å². The first-order chi connectivity index (χ1) is 9.35. The van der Waals surface area contributed by atoms with Gasteiger partial charge in [0.25, 0.3) is 0 Å². The molecule has 1 N–H and O–H groups in total. The molecule has 2 aromatic heterocycles. The highest BCUT2D eigenvalue weighted by molar-refractivity contribution is 7.99. The van der Waals surface area contributed by atoms with E-state index in [0.717, 1.165) is 29.3 Å². The van der Waals surface area contributed by atoms with E-state index in [-0.39, 0.29) is 0 Å². The fourth-order valence-corrected chi connectivity index (χ4v) is 3.68. The molecule has 1 saturated heterocycles. The molecule has 0 radical (unpaired) electrons. The quantitative estimate of drug-likeness (QED) is 0.933. The average molecular weight is 277 g/mol. The SMILES string of the molecule is CCOc1ccc2[nH]c(CC3CCSCC3)nc2n1. The van der Waals surface area contributed by atoms with E-state index in [9.17, 15) is 0 Å². The fourth-order valence-electron chi connectivity index (χ4n) is 2.47. The second-order valence-corrected chi connectivity index (χ2v) is 6.12. The second kappa shape index (κ2) is 5.82. The lowest BCUT2D eigenvalue weighted by atomic mass is 9.99. The molecule has 102 valence electrons. The number of rotatable bonds is 4. The lowest BCUT2D eigenvalue weighted by molar-refractivity contribution is 0.328. The first-order valence-corrected chi connectivity index (χ1v) is 8.07. The highest BCUT2D eigenvalue weighted by Crippen LogP contribution is 2.25. The minimum Gasteiger partial charge on any atom is -0.478 e. The van der Waals surface area contributed by atoms with Gasteiger partial charge in [0.1, 0.15) is 5.82 Å². The van der Waals surface area contributed by atoms with Crippen LogP contribution >= 0.6 is 11.8 Å². The maximum Gasteiger partial charge on any atom is 0.215 e. The summed E-state index contributed by atoms with van der Waals surface area (Å²) in [6.07, 6.45) is 3.65. The summed E-state index contributed by atoms with van der Waals surface area (Å²) >= 11 is 2.06. The van der Waals surface area contributed by atoms with Gasteiger partial charge in [0.15, 0.2) is 5.65 Å². The topological polar surface area (TPSA) is 50.8 Å². The maximum absolute atomic E-state index is 5.41. The van der Waals surface area contributed by atoms with E-state index in [1.54, 1.807) is 0 Å². The van der Waals surface area contributed by atoms with Crippen molar-refractivity contribution in [2.45, 2.75) is 26.2 Å². The van der Waals surface area contributed by atoms with Crippen LogP contribution < -0.4 is 4.74 Å². The molecule has 0 saturated carbocycles. The molecule has 3 heterocycles. The number of H-pyrrole nitrogens is 1. The molecule has 5 heteroatoms. The Hall–Kier alpha value is -1.23. The third-order valence-corrected chi connectivity index (χ3v) is 4.53. The van der Waals surface area contributed by atoms with Gasteiger partial charge in [-0.25, -0.2) is 4.98 Å². The molecule has 0 aromatic carbocycles. The Morgan fingerprint density at radius 1 is 1.32 bits per heavy atom. The van der Waals surface area contributed by atoms with Crippen molar-refractivity contribution in [3.63, 3.8) is 0 Å². The largest absolute Gasteiger partial charge is 0.478 e. The first kappa shape index (κ1) is 12.8. The van der Waals surface area contributed by atoms with Crippen LogP contribution in [0.15, 0.2) is 12.1 Å². The van der Waals surface area contributed by atoms with Crippen molar-refractivity contribution in [2.75, 3.05) is 18.1 Å². The summed E-state index contributed by atoms with van der Waals surface area (Å²) < 4.78 is 5.41. The van der Waals surface area contributed by atoms with Crippen LogP contribution in [0, 0.1) is 5.92 Å². The summed E-state index contributed by atoms with van der Waals surface area (Å²) in [6, 6.07) is 3.89. The molecular formula is C14H19N3OS. The van der Waals surface area contributed by atoms with Gasteiger partial charge in [0.2, 0.25) is 5.88 Å². The number of fused-ring (bicyclic) bond motifs is 1. The van der Waals surface area contributed by atoms with Crippen LogP contribution in [0.25, 0.3) is 11.2 Å². The van der Waals surface area contributed by atoms with Crippen LogP contribution in [-0.2, 0) is 6.42 Å². The summed E-state index contributed by atoms with van der Waals surface area (Å²) in [4.78, 5) is 12.4. The van der Waals surface area contributed by atoms with Gasteiger partial charge in [-0.05, 0) is 43.3 Å². The monoisotopic (exact) mass is 277 g/mol. The zero-order valence-corrected chi connectivity index (χ0v) is 12.0. The second-order valence-electron chi connectivity index (χ2n) is 4.90. The van der Waals surface area contributed by atoms with Crippen molar-refractivity contribution in [1.82, 2.24) is 15.0 Å². The smallest absolute Gasteiger partial charge is 0.215 e. The molecule has 1 aliphatic rings. The molecule has 0 bridgehead atoms. The molecule has 4 nitrogen and oxygen atoms in total. The third-order valence-electron chi connectivity index (χ3n) is 3.48. The van der Waals surface area contributed by atoms with Crippen LogP contribution in [-0.4, -0.2) is 33.1 Å². The number of nitrogens with zero attached hydrogens (tertiary/aromatic N) is 2. The number of hydrogen-bond acceptors (Lipinski definition) is 4. The van der Waals surface area contributed by atoms with E-state index in [1.165, 1.54) is 24.3 Å². The highest BCUT2D eigenvalue weighted by atomic mass is 32.2. The minimum atomic E-state index is 0.634. The molecule has 0 atom stereocenters. The standard InChI is InChI=1S/C14H19N3OS/c1-2-18-13-4-3-11-14(17-13)16-12(15-11)9-10-5-7-19-8-6-10/h3-4,10H,2,5-9H2,1H3,(H,15,16,17). The Kier molecular flexibility index (Phi) is 3.92. The van der Waals surface area contributed by atoms with Gasteiger partial charge < -0.3 is 9.72 Å². The van der Waals surface area contributed by atoms with E-state index in [2.05, 4.69) is 26.7 Å². The Morgan fingerprint density at radius 2 is 2.16 bits per heavy atom. The maximum atomic E-state index is 5.41. The van der Waals surface area contributed by atoms with Crippen LogP contribution in [0.2, 0.25) is 0 Å². The summed E-state index contributed by atoms with van der Waals surface area (Å²) in [7, 11) is 0. The van der Waals surface area contributed by atoms with E-state index in [4.69, 9.17) is 4.74 Å². The third kappa shape index (κ3) is 3.03. The van der Waals surface area contributed by atoms with Crippen molar-refractivity contribution < 1.29 is 4.74 Å². The molecule has 19 heavy (non-hydrogen) atoms. The van der Waals surface area contributed by atoms with E-state index in [1.807, 2.05) is 19.1 Å². The number of hydrogen-bond donors (Lipinski definition) is 1. The van der Waals surface area contributed by atoms with Gasteiger partial charge in [-0.2, -0.15) is 16.7 Å². The Labute approximate surface area is 117 Å². The van der Waals surface area contributed by atoms with Gasteiger partial charge in [-0.3, -0.25) is 0 Å². The van der Waals surface area contributed by atoms with Crippen LogP contribution in [0.5, 0.6) is 5.88 Å². The van der Waals surface area contributed by atoms with Gasteiger partial charge in [-0.1, -0.05) is 0 Å². The number of ether oxygens (including phenoxy) is 1. The molecule has 0 unspecified atom stereocenters. The Morgan fingerprint density at radius 3 is 2.95 bits per heavy atom. The number of thioether (sulfide) groups is 1. The molecule has 0 amide bonds. The number of aromatic amines is 1. The minimum absolute atomic E-state index is 0.634. The van der Waals surface area contributed by atoms with Crippen molar-refractivity contribution >= 4 is 22.9 Å². The summed E-state index contributed by atoms with van der Waals surface area (Å²) in [5.41, 5.74) is 1.77. The highest BCUT2D eigenvalue weighted by Gasteiger charge is 2.16. The van der Waals surface area contributed by atoms with Crippen molar-refractivity contribution in [2.24, 2.45) is 5.92 Å². The van der Waals surface area contributed by atoms with Gasteiger partial charge >= 0.3 is 0 Å². The van der Waals surface area contributed by atoms with Crippen molar-refractivity contribution in [1.29, 1.82) is 0 Å². The van der Waals surface area contributed by atoms with Crippen molar-refractivity contribution in [3.05, 3.63) is 18.0 Å². The molecule has 2 aromatic rings. The van der Waals surface area contributed by atoms with Crippen molar-refractivity contribution in [3.8, 4) is 5.88 Å². The number of pyridine rings is 1.